The third-order valence-electron chi connectivity index (χ3n) is 11.1. The molecule has 2 aromatic rings. The first-order valence-corrected chi connectivity index (χ1v) is 23.1. The second-order valence-electron chi connectivity index (χ2n) is 16.2. The number of nitrogens with zero attached hydrogens (tertiary/aromatic N) is 1. The predicted octanol–water partition coefficient (Wildman–Crippen LogP) is 16.1. The molecule has 0 unspecified atom stereocenters. The van der Waals surface area contributed by atoms with E-state index in [2.05, 4.69) is 95.9 Å². The van der Waals surface area contributed by atoms with Gasteiger partial charge in [0.05, 0.1) is 5.57 Å². The standard InChI is InChI=1S/C52H80N2/c1-7-13-19-20-21-22-23-24-25-26-27-28-29-30-36-50-49(35-18-12-6)51(47-39-43(31-14-8-2)37-44(40-47)32-15-9-3)54(53)52(50)48-41-45(33-16-10-4)38-46(42-48)34-17-11-5/h35,37-42,53H,7-29,31-34H2,1-6H3. The van der Waals surface area contributed by atoms with Crippen LogP contribution >= 0.6 is 0 Å². The summed E-state index contributed by atoms with van der Waals surface area (Å²) in [6.45, 7) is 13.7. The van der Waals surface area contributed by atoms with Gasteiger partial charge < -0.3 is 5.84 Å². The average molecular weight is 733 g/mol. The molecule has 0 saturated heterocycles. The Hall–Kier alpha value is -3.05. The minimum atomic E-state index is 0.925. The highest BCUT2D eigenvalue weighted by Gasteiger charge is 2.35. The molecule has 1 N–H and O–H groups in total. The fourth-order valence-electron chi connectivity index (χ4n) is 7.87. The van der Waals surface area contributed by atoms with Crippen LogP contribution < -0.4 is 0 Å². The van der Waals surface area contributed by atoms with Crippen LogP contribution in [0.2, 0.25) is 0 Å². The van der Waals surface area contributed by atoms with Gasteiger partial charge in [0.25, 0.3) is 0 Å². The summed E-state index contributed by atoms with van der Waals surface area (Å²) in [4.78, 5) is 0. The normalized spacial score (nSPS) is 13.7. The van der Waals surface area contributed by atoms with E-state index in [1.165, 1.54) is 161 Å². The minimum absolute atomic E-state index is 0.925. The molecule has 3 rings (SSSR count). The molecular weight excluding hydrogens is 653 g/mol. The van der Waals surface area contributed by atoms with E-state index >= 15 is 0 Å². The van der Waals surface area contributed by atoms with Gasteiger partial charge in [0, 0.05) is 17.5 Å². The summed E-state index contributed by atoms with van der Waals surface area (Å²) < 4.78 is 1.79. The third kappa shape index (κ3) is 15.6. The van der Waals surface area contributed by atoms with Gasteiger partial charge in [-0.05, 0) is 111 Å². The van der Waals surface area contributed by atoms with E-state index in [0.29, 0.717) is 0 Å². The first-order chi connectivity index (χ1) is 26.5. The van der Waals surface area contributed by atoms with Crippen molar-refractivity contribution in [2.45, 2.75) is 215 Å². The Kier molecular flexibility index (Phi) is 23.1. The molecule has 1 aliphatic rings. The lowest BCUT2D eigenvalue weighted by Crippen LogP contribution is -2.13. The number of rotatable bonds is 28. The fraction of sp³-hybridized carbons (Fsp3) is 0.635. The van der Waals surface area contributed by atoms with Crippen LogP contribution in [-0.2, 0) is 25.7 Å². The van der Waals surface area contributed by atoms with Crippen molar-refractivity contribution in [3.05, 3.63) is 92.8 Å². The van der Waals surface area contributed by atoms with Crippen LogP contribution in [0, 0.1) is 11.8 Å². The number of hydrogen-bond acceptors (Lipinski definition) is 0. The zero-order chi connectivity index (χ0) is 38.8. The molecule has 0 atom stereocenters. The Labute approximate surface area is 334 Å². The van der Waals surface area contributed by atoms with Crippen molar-refractivity contribution in [2.24, 2.45) is 0 Å². The van der Waals surface area contributed by atoms with Crippen LogP contribution in [0.3, 0.4) is 0 Å². The van der Waals surface area contributed by atoms with E-state index in [9.17, 15) is 5.84 Å². The molecule has 2 aromatic carbocycles. The van der Waals surface area contributed by atoms with E-state index < -0.39 is 0 Å². The molecule has 2 heteroatoms. The Morgan fingerprint density at radius 1 is 0.481 bits per heavy atom. The number of unbranched alkanes of at least 4 members (excludes halogenated alkanes) is 17. The molecular formula is C52H80N2. The molecule has 1 heterocycles. The Morgan fingerprint density at radius 3 is 1.31 bits per heavy atom. The molecule has 0 radical (unpaired) electrons. The number of allylic oxidation sites excluding steroid dienone is 3. The van der Waals surface area contributed by atoms with Crippen LogP contribution in [0.15, 0.2) is 53.6 Å². The smallest absolute Gasteiger partial charge is 0.225 e. The highest BCUT2D eigenvalue weighted by molar-refractivity contribution is 6.17. The van der Waals surface area contributed by atoms with Crippen molar-refractivity contribution >= 4 is 11.4 Å². The van der Waals surface area contributed by atoms with Gasteiger partial charge in [0.1, 0.15) is 5.57 Å². The van der Waals surface area contributed by atoms with Crippen LogP contribution in [0.1, 0.15) is 223 Å². The summed E-state index contributed by atoms with van der Waals surface area (Å²) in [5.74, 6) is 17.4. The second-order valence-corrected chi connectivity index (χ2v) is 16.2. The fourth-order valence-corrected chi connectivity index (χ4v) is 7.87. The van der Waals surface area contributed by atoms with E-state index in [0.717, 1.165) is 68.3 Å². The predicted molar refractivity (Wildman–Crippen MR) is 239 cm³/mol. The molecule has 0 aromatic heterocycles. The monoisotopic (exact) mass is 733 g/mol. The largest absolute Gasteiger partial charge is 0.448 e. The summed E-state index contributed by atoms with van der Waals surface area (Å²) in [7, 11) is 0. The summed E-state index contributed by atoms with van der Waals surface area (Å²) in [5, 5.41) is 0. The molecule has 0 aliphatic carbocycles. The summed E-state index contributed by atoms with van der Waals surface area (Å²) in [6.07, 6.45) is 35.6. The second kappa shape index (κ2) is 27.5. The van der Waals surface area contributed by atoms with Crippen molar-refractivity contribution in [1.82, 2.24) is 0 Å². The van der Waals surface area contributed by atoms with Gasteiger partial charge in [-0.3, -0.25) is 0 Å². The maximum atomic E-state index is 9.96. The molecule has 0 amide bonds. The molecule has 0 fully saturated rings. The number of nitrogens with one attached hydrogen (secondary N) is 1. The van der Waals surface area contributed by atoms with Gasteiger partial charge >= 0.3 is 0 Å². The maximum absolute atomic E-state index is 9.96. The lowest BCUT2D eigenvalue weighted by Gasteiger charge is -2.13. The molecule has 54 heavy (non-hydrogen) atoms. The van der Waals surface area contributed by atoms with Gasteiger partial charge in [0.2, 0.25) is 11.4 Å². The Morgan fingerprint density at radius 2 is 0.889 bits per heavy atom. The Balaban J connectivity index is 1.99. The molecule has 298 valence electrons. The van der Waals surface area contributed by atoms with Gasteiger partial charge in [-0.15, -0.1) is 0 Å². The number of hydrogen-bond donors (Lipinski definition) is 0. The third-order valence-corrected chi connectivity index (χ3v) is 11.1. The van der Waals surface area contributed by atoms with Gasteiger partial charge in [-0.1, -0.05) is 174 Å². The quantitative estimate of drug-likeness (QED) is 0.0473. The highest BCUT2D eigenvalue weighted by atomic mass is 15.3. The lowest BCUT2D eigenvalue weighted by atomic mass is 9.91. The van der Waals surface area contributed by atoms with E-state index in [1.807, 2.05) is 0 Å². The van der Waals surface area contributed by atoms with Gasteiger partial charge in [-0.2, -0.15) is 0 Å². The molecule has 0 spiro atoms. The highest BCUT2D eigenvalue weighted by Crippen LogP contribution is 2.37. The van der Waals surface area contributed by atoms with E-state index in [-0.39, 0.29) is 0 Å². The molecule has 0 bridgehead atoms. The van der Waals surface area contributed by atoms with Crippen molar-refractivity contribution < 1.29 is 4.68 Å². The summed E-state index contributed by atoms with van der Waals surface area (Å²) in [6, 6.07) is 14.4. The first kappa shape index (κ1) is 45.3. The van der Waals surface area contributed by atoms with Crippen molar-refractivity contribution in [3.63, 3.8) is 0 Å². The maximum Gasteiger partial charge on any atom is 0.225 e. The van der Waals surface area contributed by atoms with Crippen LogP contribution in [0.25, 0.3) is 11.5 Å². The summed E-state index contributed by atoms with van der Waals surface area (Å²) in [5.41, 5.74) is 12.2. The van der Waals surface area contributed by atoms with Crippen molar-refractivity contribution in [3.8, 4) is 11.8 Å². The number of aryl methyl sites for hydroxylation is 4. The van der Waals surface area contributed by atoms with E-state index in [1.54, 1.807) is 4.68 Å². The minimum Gasteiger partial charge on any atom is -0.448 e. The van der Waals surface area contributed by atoms with Gasteiger partial charge in [-0.25, -0.2) is 4.68 Å². The zero-order valence-corrected chi connectivity index (χ0v) is 36.1. The average Bonchev–Trinajstić information content (AvgIpc) is 3.46. The van der Waals surface area contributed by atoms with Gasteiger partial charge in [0.15, 0.2) is 0 Å². The lowest BCUT2D eigenvalue weighted by molar-refractivity contribution is -0.347. The van der Waals surface area contributed by atoms with Crippen LogP contribution in [0.5, 0.6) is 0 Å². The van der Waals surface area contributed by atoms with Crippen LogP contribution in [0.4, 0.5) is 0 Å². The Bertz CT molecular complexity index is 1470. The van der Waals surface area contributed by atoms with Crippen molar-refractivity contribution in [2.75, 3.05) is 0 Å². The first-order valence-electron chi connectivity index (χ1n) is 23.1. The summed E-state index contributed by atoms with van der Waals surface area (Å²) >= 11 is 0. The number of benzene rings is 2. The zero-order valence-electron chi connectivity index (χ0n) is 36.1. The topological polar surface area (TPSA) is 26.8 Å². The van der Waals surface area contributed by atoms with E-state index in [4.69, 9.17) is 0 Å². The van der Waals surface area contributed by atoms with Crippen LogP contribution in [-0.4, -0.2) is 10.4 Å². The molecule has 2 nitrogen and oxygen atoms in total. The SMILES string of the molecule is CCCC=C1C(C#CCCCCCCCCCCCCCC)=C(c2cc(CCCC)cc(CCCC)c2)[N+]([NH-])=C1c1cc(CCCC)cc(CCCC)c1. The molecule has 0 saturated carbocycles. The van der Waals surface area contributed by atoms with Crippen molar-refractivity contribution in [1.29, 1.82) is 0 Å². The molecule has 1 aliphatic heterocycles.